The van der Waals surface area contributed by atoms with E-state index in [1.54, 1.807) is 14.2 Å². The fraction of sp³-hybridized carbons (Fsp3) is 0.720. The molecule has 1 heterocycles. The second kappa shape index (κ2) is 7.30. The summed E-state index contributed by atoms with van der Waals surface area (Å²) in [5.74, 6) is 1.53. The Morgan fingerprint density at radius 1 is 1.10 bits per heavy atom. The van der Waals surface area contributed by atoms with Crippen LogP contribution < -0.4 is 4.74 Å². The van der Waals surface area contributed by atoms with Gasteiger partial charge in [-0.1, -0.05) is 26.8 Å². The lowest BCUT2D eigenvalue weighted by Crippen LogP contribution is -2.65. The number of aryl methyl sites for hydroxylation is 1. The van der Waals surface area contributed by atoms with Crippen LogP contribution in [-0.2, 0) is 21.4 Å². The van der Waals surface area contributed by atoms with Gasteiger partial charge in [0.1, 0.15) is 5.75 Å². The van der Waals surface area contributed by atoms with Gasteiger partial charge >= 0.3 is 0 Å². The number of carbonyl (C=O) groups is 1. The Bertz CT molecular complexity index is 794. The van der Waals surface area contributed by atoms with E-state index in [1.807, 2.05) is 0 Å². The number of piperidine rings is 1. The van der Waals surface area contributed by atoms with Crippen LogP contribution in [0.2, 0.25) is 0 Å². The SMILES string of the molecule is COc1cc2c(cc1C)C[C@@H]1N(C(=O)C3CCC(OC)CC3)CC[C@]2(C)C1(C)C. The van der Waals surface area contributed by atoms with Gasteiger partial charge in [-0.05, 0) is 73.6 Å². The van der Waals surface area contributed by atoms with Crippen molar-refractivity contribution in [1.82, 2.24) is 4.90 Å². The number of ether oxygens (including phenoxy) is 2. The van der Waals surface area contributed by atoms with Crippen LogP contribution in [0.3, 0.4) is 0 Å². The smallest absolute Gasteiger partial charge is 0.225 e. The predicted molar refractivity (Wildman–Crippen MR) is 115 cm³/mol. The molecule has 0 aromatic heterocycles. The molecule has 2 bridgehead atoms. The molecule has 29 heavy (non-hydrogen) atoms. The van der Waals surface area contributed by atoms with E-state index in [1.165, 1.54) is 16.7 Å². The lowest BCUT2D eigenvalue weighted by atomic mass is 9.50. The van der Waals surface area contributed by atoms with Crippen molar-refractivity contribution in [2.75, 3.05) is 20.8 Å². The molecule has 1 aromatic carbocycles. The van der Waals surface area contributed by atoms with E-state index >= 15 is 0 Å². The van der Waals surface area contributed by atoms with Gasteiger partial charge in [0.2, 0.25) is 5.91 Å². The predicted octanol–water partition coefficient (Wildman–Crippen LogP) is 4.65. The molecule has 0 unspecified atom stereocenters. The number of nitrogens with zero attached hydrogens (tertiary/aromatic N) is 1. The Balaban J connectivity index is 1.65. The van der Waals surface area contributed by atoms with Gasteiger partial charge in [-0.15, -0.1) is 0 Å². The zero-order valence-electron chi connectivity index (χ0n) is 19.0. The van der Waals surface area contributed by atoms with Crippen LogP contribution in [-0.4, -0.2) is 43.7 Å². The van der Waals surface area contributed by atoms with E-state index in [0.29, 0.717) is 12.0 Å². The third-order valence-corrected chi connectivity index (χ3v) is 8.75. The number of benzene rings is 1. The van der Waals surface area contributed by atoms with Crippen molar-refractivity contribution < 1.29 is 14.3 Å². The van der Waals surface area contributed by atoms with Crippen LogP contribution in [0.25, 0.3) is 0 Å². The summed E-state index contributed by atoms with van der Waals surface area (Å²) in [6, 6.07) is 4.83. The fourth-order valence-corrected chi connectivity index (χ4v) is 6.33. The third-order valence-electron chi connectivity index (χ3n) is 8.75. The van der Waals surface area contributed by atoms with Crippen molar-refractivity contribution in [3.05, 3.63) is 28.8 Å². The summed E-state index contributed by atoms with van der Waals surface area (Å²) in [5, 5.41) is 0. The average Bonchev–Trinajstić information content (AvgIpc) is 2.70. The van der Waals surface area contributed by atoms with Gasteiger partial charge in [-0.3, -0.25) is 4.79 Å². The van der Waals surface area contributed by atoms with E-state index in [9.17, 15) is 4.79 Å². The van der Waals surface area contributed by atoms with Crippen molar-refractivity contribution in [1.29, 1.82) is 0 Å². The van der Waals surface area contributed by atoms with Crippen molar-refractivity contribution >= 4 is 5.91 Å². The Kier molecular flexibility index (Phi) is 5.21. The van der Waals surface area contributed by atoms with Crippen molar-refractivity contribution in [2.45, 2.75) is 83.8 Å². The molecule has 1 aliphatic heterocycles. The van der Waals surface area contributed by atoms with Crippen LogP contribution in [0.4, 0.5) is 0 Å². The number of methoxy groups -OCH3 is 2. The van der Waals surface area contributed by atoms with Gasteiger partial charge in [0.15, 0.2) is 0 Å². The van der Waals surface area contributed by atoms with E-state index < -0.39 is 0 Å². The molecular formula is C25H37NO3. The van der Waals surface area contributed by atoms with Crippen LogP contribution in [0.1, 0.15) is 69.6 Å². The summed E-state index contributed by atoms with van der Waals surface area (Å²) < 4.78 is 11.2. The lowest BCUT2D eigenvalue weighted by molar-refractivity contribution is -0.150. The van der Waals surface area contributed by atoms with E-state index in [-0.39, 0.29) is 22.8 Å². The highest BCUT2D eigenvalue weighted by Gasteiger charge is 2.57. The lowest BCUT2D eigenvalue weighted by Gasteiger charge is -2.61. The number of likely N-dealkylation sites (tertiary alicyclic amines) is 1. The van der Waals surface area contributed by atoms with Crippen molar-refractivity contribution in [3.63, 3.8) is 0 Å². The molecule has 1 saturated heterocycles. The van der Waals surface area contributed by atoms with Crippen LogP contribution in [0.15, 0.2) is 12.1 Å². The Labute approximate surface area is 175 Å². The van der Waals surface area contributed by atoms with E-state index in [0.717, 1.165) is 50.8 Å². The molecule has 1 aromatic rings. The molecule has 4 rings (SSSR count). The second-order valence-corrected chi connectivity index (χ2v) is 10.2. The molecule has 0 N–H and O–H groups in total. The number of fused-ring (bicyclic) bond motifs is 4. The van der Waals surface area contributed by atoms with Gasteiger partial charge in [-0.2, -0.15) is 0 Å². The summed E-state index contributed by atoms with van der Waals surface area (Å²) in [7, 11) is 3.55. The van der Waals surface area contributed by atoms with Gasteiger partial charge in [-0.25, -0.2) is 0 Å². The first-order chi connectivity index (χ1) is 13.7. The molecule has 4 heteroatoms. The molecule has 0 radical (unpaired) electrons. The van der Waals surface area contributed by atoms with Crippen LogP contribution in [0, 0.1) is 18.3 Å². The summed E-state index contributed by atoms with van der Waals surface area (Å²) in [5.41, 5.74) is 4.09. The minimum atomic E-state index is 0.0257. The third kappa shape index (κ3) is 3.10. The standard InChI is InChI=1S/C25H37NO3/c1-16-13-18-14-22-24(2,3)25(4,20(18)15-21(16)29-6)11-12-26(22)23(27)17-7-9-19(28-5)10-8-17/h13,15,17,19,22H,7-12,14H2,1-6H3/t17?,19?,22-,25-/m0/s1. The molecule has 2 aliphatic carbocycles. The Morgan fingerprint density at radius 3 is 2.41 bits per heavy atom. The first-order valence-corrected chi connectivity index (χ1v) is 11.2. The maximum atomic E-state index is 13.6. The highest BCUT2D eigenvalue weighted by atomic mass is 16.5. The highest BCUT2D eigenvalue weighted by Crippen LogP contribution is 2.57. The molecule has 160 valence electrons. The number of hydrogen-bond donors (Lipinski definition) is 0. The quantitative estimate of drug-likeness (QED) is 0.743. The fourth-order valence-electron chi connectivity index (χ4n) is 6.33. The van der Waals surface area contributed by atoms with Gasteiger partial charge in [0.25, 0.3) is 0 Å². The first-order valence-electron chi connectivity index (χ1n) is 11.2. The molecular weight excluding hydrogens is 362 g/mol. The molecule has 0 spiro atoms. The summed E-state index contributed by atoms with van der Waals surface area (Å²) in [4.78, 5) is 15.8. The van der Waals surface area contributed by atoms with Gasteiger partial charge in [0, 0.05) is 31.0 Å². The first kappa shape index (κ1) is 20.7. The zero-order chi connectivity index (χ0) is 21.0. The molecule has 4 nitrogen and oxygen atoms in total. The largest absolute Gasteiger partial charge is 0.496 e. The summed E-state index contributed by atoms with van der Waals surface area (Å²) >= 11 is 0. The molecule has 1 saturated carbocycles. The topological polar surface area (TPSA) is 38.8 Å². The number of hydrogen-bond acceptors (Lipinski definition) is 3. The maximum absolute atomic E-state index is 13.6. The molecule has 1 amide bonds. The Morgan fingerprint density at radius 2 is 1.79 bits per heavy atom. The molecule has 2 fully saturated rings. The maximum Gasteiger partial charge on any atom is 0.225 e. The van der Waals surface area contributed by atoms with Gasteiger partial charge < -0.3 is 14.4 Å². The zero-order valence-corrected chi connectivity index (χ0v) is 19.0. The molecule has 2 atom stereocenters. The minimum Gasteiger partial charge on any atom is -0.496 e. The summed E-state index contributed by atoms with van der Waals surface area (Å²) in [6.45, 7) is 10.1. The van der Waals surface area contributed by atoms with Gasteiger partial charge in [0.05, 0.1) is 13.2 Å². The van der Waals surface area contributed by atoms with Crippen molar-refractivity contribution in [3.8, 4) is 5.75 Å². The van der Waals surface area contributed by atoms with E-state index in [4.69, 9.17) is 9.47 Å². The second-order valence-electron chi connectivity index (χ2n) is 10.2. The monoisotopic (exact) mass is 399 g/mol. The minimum absolute atomic E-state index is 0.0257. The number of rotatable bonds is 3. The van der Waals surface area contributed by atoms with Crippen molar-refractivity contribution in [2.24, 2.45) is 11.3 Å². The highest BCUT2D eigenvalue weighted by molar-refractivity contribution is 5.80. The molecule has 3 aliphatic rings. The summed E-state index contributed by atoms with van der Waals surface area (Å²) in [6.07, 6.45) is 6.23. The van der Waals surface area contributed by atoms with Crippen LogP contribution in [0.5, 0.6) is 5.75 Å². The van der Waals surface area contributed by atoms with Crippen LogP contribution >= 0.6 is 0 Å². The van der Waals surface area contributed by atoms with E-state index in [2.05, 4.69) is 44.7 Å². The normalized spacial score (nSPS) is 33.2. The number of amides is 1. The average molecular weight is 400 g/mol. The Hall–Kier alpha value is -1.55. The number of carbonyl (C=O) groups excluding carboxylic acids is 1.